The molecule has 0 amide bonds. The molecule has 1 aliphatic carbocycles. The van der Waals surface area contributed by atoms with Crippen molar-refractivity contribution < 1.29 is 29.0 Å². The molecule has 1 N–H and O–H groups in total. The van der Waals surface area contributed by atoms with Gasteiger partial charge in [0.15, 0.2) is 5.78 Å². The summed E-state index contributed by atoms with van der Waals surface area (Å²) in [5, 5.41) is 10.9. The molecule has 1 aromatic heterocycles. The normalized spacial score (nSPS) is 28.3. The molecule has 0 radical (unpaired) electrons. The van der Waals surface area contributed by atoms with Crippen LogP contribution in [0.5, 0.6) is 0 Å². The number of nitrogens with zero attached hydrogens (tertiary/aromatic N) is 1. The van der Waals surface area contributed by atoms with Crippen molar-refractivity contribution in [1.82, 2.24) is 4.98 Å². The van der Waals surface area contributed by atoms with Crippen LogP contribution in [0.2, 0.25) is 0 Å². The molecule has 0 bridgehead atoms. The van der Waals surface area contributed by atoms with E-state index in [1.54, 1.807) is 46.0 Å². The lowest BCUT2D eigenvalue weighted by Gasteiger charge is -2.43. The quantitative estimate of drug-likeness (QED) is 0.618. The van der Waals surface area contributed by atoms with Crippen molar-refractivity contribution in [3.63, 3.8) is 0 Å². The van der Waals surface area contributed by atoms with Gasteiger partial charge in [-0.25, -0.2) is 0 Å². The van der Waals surface area contributed by atoms with Crippen LogP contribution in [0.25, 0.3) is 0 Å². The van der Waals surface area contributed by atoms with Gasteiger partial charge in [0.05, 0.1) is 23.7 Å². The van der Waals surface area contributed by atoms with E-state index in [2.05, 4.69) is 4.98 Å². The topological polar surface area (TPSA) is 103 Å². The van der Waals surface area contributed by atoms with Gasteiger partial charge in [-0.1, -0.05) is 6.07 Å². The van der Waals surface area contributed by atoms with E-state index >= 15 is 0 Å². The Kier molecular flexibility index (Phi) is 6.36. The molecule has 27 heavy (non-hydrogen) atoms. The van der Waals surface area contributed by atoms with Crippen molar-refractivity contribution in [3.05, 3.63) is 30.1 Å². The zero-order valence-electron chi connectivity index (χ0n) is 16.3. The van der Waals surface area contributed by atoms with E-state index in [-0.39, 0.29) is 6.42 Å². The second-order valence-corrected chi connectivity index (χ2v) is 7.74. The first kappa shape index (κ1) is 21.0. The minimum Gasteiger partial charge on any atom is -0.463 e. The number of hydrogen-bond donors (Lipinski definition) is 1. The molecule has 1 aliphatic rings. The number of hydrogen-bond acceptors (Lipinski definition) is 7. The van der Waals surface area contributed by atoms with E-state index in [9.17, 15) is 19.5 Å². The molecule has 148 valence electrons. The molecule has 1 fully saturated rings. The van der Waals surface area contributed by atoms with Gasteiger partial charge in [-0.05, 0) is 46.2 Å². The summed E-state index contributed by atoms with van der Waals surface area (Å²) < 4.78 is 10.6. The number of ketones is 1. The Hall–Kier alpha value is -2.28. The predicted octanol–water partition coefficient (Wildman–Crippen LogP) is 2.02. The van der Waals surface area contributed by atoms with Gasteiger partial charge in [0, 0.05) is 24.7 Å². The third-order valence-corrected chi connectivity index (χ3v) is 4.55. The van der Waals surface area contributed by atoms with Crippen LogP contribution in [0.3, 0.4) is 0 Å². The van der Waals surface area contributed by atoms with Gasteiger partial charge in [-0.15, -0.1) is 0 Å². The van der Waals surface area contributed by atoms with E-state index in [1.165, 1.54) is 13.1 Å². The van der Waals surface area contributed by atoms with Crippen molar-refractivity contribution in [2.24, 2.45) is 11.8 Å². The van der Waals surface area contributed by atoms with Crippen LogP contribution < -0.4 is 0 Å². The highest BCUT2D eigenvalue weighted by molar-refractivity contribution is 6.02. The molecule has 0 unspecified atom stereocenters. The molecule has 0 aliphatic heterocycles. The number of esters is 2. The molecule has 1 saturated carbocycles. The van der Waals surface area contributed by atoms with Gasteiger partial charge in [0.25, 0.3) is 0 Å². The second-order valence-electron chi connectivity index (χ2n) is 7.74. The molecule has 0 saturated heterocycles. The maximum Gasteiger partial charge on any atom is 0.317 e. The SMILES string of the molecule is CC(C)OC(=O)[C@H]1C(=O)C[C@](C)(O)[C@H](C(=O)OC(C)C)[C@@H]1c1cccnc1. The minimum atomic E-state index is -1.65. The van der Waals surface area contributed by atoms with E-state index in [4.69, 9.17) is 9.47 Å². The molecular formula is C20H27NO6. The highest BCUT2D eigenvalue weighted by Crippen LogP contribution is 2.46. The van der Waals surface area contributed by atoms with Gasteiger partial charge in [0.2, 0.25) is 0 Å². The second kappa shape index (κ2) is 8.17. The summed E-state index contributed by atoms with van der Waals surface area (Å²) in [6.07, 6.45) is 1.89. The van der Waals surface area contributed by atoms with Crippen LogP contribution in [0, 0.1) is 11.8 Å². The van der Waals surface area contributed by atoms with Gasteiger partial charge in [0.1, 0.15) is 5.92 Å². The number of aromatic nitrogens is 1. The minimum absolute atomic E-state index is 0.334. The van der Waals surface area contributed by atoms with Crippen LogP contribution in [0.15, 0.2) is 24.5 Å². The van der Waals surface area contributed by atoms with Crippen LogP contribution in [0.1, 0.15) is 52.5 Å². The van der Waals surface area contributed by atoms with Gasteiger partial charge >= 0.3 is 11.9 Å². The maximum absolute atomic E-state index is 12.8. The number of Topliss-reactive ketones (excluding diaryl/α,β-unsaturated/α-hetero) is 1. The molecule has 2 rings (SSSR count). The zero-order valence-corrected chi connectivity index (χ0v) is 16.3. The molecule has 7 nitrogen and oxygen atoms in total. The largest absolute Gasteiger partial charge is 0.463 e. The Bertz CT molecular complexity index is 690. The lowest BCUT2D eigenvalue weighted by molar-refractivity contribution is -0.176. The number of carbonyl (C=O) groups is 3. The summed E-state index contributed by atoms with van der Waals surface area (Å²) in [5.74, 6) is -5.06. The van der Waals surface area contributed by atoms with Crippen LogP contribution in [-0.2, 0) is 23.9 Å². The van der Waals surface area contributed by atoms with Crippen LogP contribution >= 0.6 is 0 Å². The van der Waals surface area contributed by atoms with E-state index in [0.29, 0.717) is 5.56 Å². The molecular weight excluding hydrogens is 350 g/mol. The summed E-state index contributed by atoms with van der Waals surface area (Å²) in [6, 6.07) is 3.33. The standard InChI is InChI=1S/C20H27NO6/c1-11(2)26-18(23)16-14(22)9-20(5,25)17(19(24)27-12(3)4)15(16)13-7-6-8-21-10-13/h6-8,10-12,15-17,25H,9H2,1-5H3/t15-,16+,17+,20+/m1/s1. The fourth-order valence-corrected chi connectivity index (χ4v) is 3.60. The van der Waals surface area contributed by atoms with Gasteiger partial charge < -0.3 is 14.6 Å². The Morgan fingerprint density at radius 2 is 1.78 bits per heavy atom. The number of aliphatic hydroxyl groups is 1. The molecule has 7 heteroatoms. The van der Waals surface area contributed by atoms with E-state index < -0.39 is 53.3 Å². The first-order valence-electron chi connectivity index (χ1n) is 9.10. The lowest BCUT2D eigenvalue weighted by Crippen LogP contribution is -2.55. The van der Waals surface area contributed by atoms with Crippen molar-refractivity contribution in [2.75, 3.05) is 0 Å². The number of carbonyl (C=O) groups excluding carboxylic acids is 3. The smallest absolute Gasteiger partial charge is 0.317 e. The number of rotatable bonds is 5. The fraction of sp³-hybridized carbons (Fsp3) is 0.600. The average Bonchev–Trinajstić information content (AvgIpc) is 2.52. The summed E-state index contributed by atoms with van der Waals surface area (Å²) in [6.45, 7) is 8.19. The van der Waals surface area contributed by atoms with Crippen LogP contribution in [-0.4, -0.2) is 45.6 Å². The first-order valence-corrected chi connectivity index (χ1v) is 9.10. The van der Waals surface area contributed by atoms with Crippen LogP contribution in [0.4, 0.5) is 0 Å². The number of ether oxygens (including phenoxy) is 2. The summed E-state index contributed by atoms with van der Waals surface area (Å²) in [7, 11) is 0. The Balaban J connectivity index is 2.57. The molecule has 4 atom stereocenters. The Labute approximate surface area is 159 Å². The number of pyridine rings is 1. The summed E-state index contributed by atoms with van der Waals surface area (Å²) in [4.78, 5) is 42.4. The molecule has 0 spiro atoms. The highest BCUT2D eigenvalue weighted by atomic mass is 16.5. The third-order valence-electron chi connectivity index (χ3n) is 4.55. The fourth-order valence-electron chi connectivity index (χ4n) is 3.60. The van der Waals surface area contributed by atoms with Crippen molar-refractivity contribution >= 4 is 17.7 Å². The monoisotopic (exact) mass is 377 g/mol. The first-order chi connectivity index (χ1) is 12.5. The third kappa shape index (κ3) is 4.71. The van der Waals surface area contributed by atoms with Crippen molar-refractivity contribution in [3.8, 4) is 0 Å². The Morgan fingerprint density at radius 3 is 2.30 bits per heavy atom. The van der Waals surface area contributed by atoms with E-state index in [0.717, 1.165) is 0 Å². The lowest BCUT2D eigenvalue weighted by atomic mass is 9.62. The zero-order chi connectivity index (χ0) is 20.4. The summed E-state index contributed by atoms with van der Waals surface area (Å²) in [5.41, 5.74) is -1.15. The average molecular weight is 377 g/mol. The van der Waals surface area contributed by atoms with Gasteiger partial charge in [-0.2, -0.15) is 0 Å². The molecule has 1 aromatic rings. The highest BCUT2D eigenvalue weighted by Gasteiger charge is 2.57. The van der Waals surface area contributed by atoms with Gasteiger partial charge in [-0.3, -0.25) is 19.4 Å². The van der Waals surface area contributed by atoms with Crippen molar-refractivity contribution in [1.29, 1.82) is 0 Å². The predicted molar refractivity (Wildman–Crippen MR) is 96.7 cm³/mol. The van der Waals surface area contributed by atoms with E-state index in [1.807, 2.05) is 0 Å². The summed E-state index contributed by atoms with van der Waals surface area (Å²) >= 11 is 0. The molecule has 1 heterocycles. The Morgan fingerprint density at radius 1 is 1.19 bits per heavy atom. The molecule has 0 aromatic carbocycles. The van der Waals surface area contributed by atoms with Crippen molar-refractivity contribution in [2.45, 2.75) is 64.8 Å². The maximum atomic E-state index is 12.8.